The highest BCUT2D eigenvalue weighted by Crippen LogP contribution is 2.14. The maximum absolute atomic E-state index is 9.75. The van der Waals surface area contributed by atoms with Crippen LogP contribution in [-0.2, 0) is 0 Å². The second-order valence-corrected chi connectivity index (χ2v) is 5.57. The number of hydrogen-bond donors (Lipinski definition) is 1. The maximum Gasteiger partial charge on any atom is 0.673 e. The molecule has 20 heavy (non-hydrogen) atoms. The predicted octanol–water partition coefficient (Wildman–Crippen LogP) is 5.04. The van der Waals surface area contributed by atoms with E-state index in [0.29, 0.717) is 0 Å². The normalized spacial score (nSPS) is 10.7. The van der Waals surface area contributed by atoms with E-state index in [1.54, 1.807) is 0 Å². The van der Waals surface area contributed by atoms with Gasteiger partial charge in [-0.25, -0.2) is 0 Å². The van der Waals surface area contributed by atoms with Gasteiger partial charge in [0.1, 0.15) is 11.4 Å². The molecule has 0 bridgehead atoms. The molecule has 108 valence electrons. The number of nitrogens with two attached hydrogens (primary N) is 1. The predicted molar refractivity (Wildman–Crippen MR) is 79.7 cm³/mol. The van der Waals surface area contributed by atoms with E-state index in [4.69, 9.17) is 0 Å². The summed E-state index contributed by atoms with van der Waals surface area (Å²) in [6, 6.07) is 16.5. The van der Waals surface area contributed by atoms with Crippen molar-refractivity contribution in [3.8, 4) is 0 Å². The molecule has 0 aliphatic carbocycles. The number of halogens is 6. The highest BCUT2D eigenvalue weighted by molar-refractivity contribution is 9.10. The lowest BCUT2D eigenvalue weighted by Crippen LogP contribution is -2.70. The lowest BCUT2D eigenvalue weighted by atomic mass is 10.3. The first kappa shape index (κ1) is 17.2. The van der Waals surface area contributed by atoms with Crippen LogP contribution in [0, 0.1) is 0 Å². The topological polar surface area (TPSA) is 16.6 Å². The van der Waals surface area contributed by atoms with Gasteiger partial charge in [-0.05, 0) is 24.3 Å². The molecule has 0 aliphatic heterocycles. The van der Waals surface area contributed by atoms with Gasteiger partial charge < -0.3 is 17.3 Å². The Morgan fingerprint density at radius 2 is 0.900 bits per heavy atom. The van der Waals surface area contributed by atoms with Gasteiger partial charge in [-0.1, -0.05) is 31.9 Å². The van der Waals surface area contributed by atoms with Gasteiger partial charge in [0, 0.05) is 33.2 Å². The Bertz CT molecular complexity index is 479. The SMILES string of the molecule is Brc1ccc([NH2+]c2ccc(Br)cc2)cc1.F[B-](F)(F)F. The van der Waals surface area contributed by atoms with Crippen LogP contribution in [0.15, 0.2) is 57.5 Å². The average molecular weight is 415 g/mol. The van der Waals surface area contributed by atoms with Gasteiger partial charge in [0.05, 0.1) is 0 Å². The molecule has 0 aliphatic rings. The third kappa shape index (κ3) is 8.34. The third-order valence-electron chi connectivity index (χ3n) is 2.07. The maximum atomic E-state index is 9.75. The van der Waals surface area contributed by atoms with Crippen LogP contribution >= 0.6 is 31.9 Å². The van der Waals surface area contributed by atoms with Crippen LogP contribution in [0.2, 0.25) is 0 Å². The van der Waals surface area contributed by atoms with Crippen molar-refractivity contribution in [3.05, 3.63) is 57.5 Å². The van der Waals surface area contributed by atoms with E-state index in [-0.39, 0.29) is 0 Å². The first-order chi connectivity index (χ1) is 9.24. The quantitative estimate of drug-likeness (QED) is 0.403. The van der Waals surface area contributed by atoms with Crippen molar-refractivity contribution in [2.24, 2.45) is 0 Å². The molecule has 0 aromatic heterocycles. The van der Waals surface area contributed by atoms with E-state index in [1.165, 1.54) is 11.4 Å². The molecule has 0 saturated heterocycles. The molecule has 0 saturated carbocycles. The molecular weight excluding hydrogens is 405 g/mol. The highest BCUT2D eigenvalue weighted by atomic mass is 79.9. The van der Waals surface area contributed by atoms with Crippen LogP contribution in [0.4, 0.5) is 28.6 Å². The van der Waals surface area contributed by atoms with E-state index < -0.39 is 7.25 Å². The van der Waals surface area contributed by atoms with Crippen molar-refractivity contribution in [2.75, 3.05) is 0 Å². The molecule has 0 fully saturated rings. The molecule has 0 heterocycles. The van der Waals surface area contributed by atoms with Crippen molar-refractivity contribution in [3.63, 3.8) is 0 Å². The fourth-order valence-electron chi connectivity index (χ4n) is 1.31. The molecule has 2 N–H and O–H groups in total. The molecular formula is C12H10BBr2F4N. The number of hydrogen-bond acceptors (Lipinski definition) is 0. The van der Waals surface area contributed by atoms with Gasteiger partial charge in [0.25, 0.3) is 0 Å². The van der Waals surface area contributed by atoms with E-state index >= 15 is 0 Å². The minimum atomic E-state index is -6.00. The molecule has 0 spiro atoms. The number of rotatable bonds is 2. The molecule has 8 heteroatoms. The molecule has 2 aromatic carbocycles. The van der Waals surface area contributed by atoms with Crippen molar-refractivity contribution < 1.29 is 22.6 Å². The third-order valence-corrected chi connectivity index (χ3v) is 3.13. The minimum absolute atomic E-state index is 1.11. The smallest absolute Gasteiger partial charge is 0.418 e. The van der Waals surface area contributed by atoms with Crippen LogP contribution in [0.1, 0.15) is 0 Å². The van der Waals surface area contributed by atoms with Crippen LogP contribution < -0.4 is 5.32 Å². The summed E-state index contributed by atoms with van der Waals surface area (Å²) in [6.45, 7) is 0. The zero-order chi connectivity index (χ0) is 15.2. The average Bonchev–Trinajstić information content (AvgIpc) is 2.33. The van der Waals surface area contributed by atoms with Crippen molar-refractivity contribution in [2.45, 2.75) is 0 Å². The lowest BCUT2D eigenvalue weighted by Gasteiger charge is -2.00. The first-order valence-corrected chi connectivity index (χ1v) is 7.06. The molecule has 0 unspecified atom stereocenters. The Labute approximate surface area is 130 Å². The Morgan fingerprint density at radius 1 is 0.650 bits per heavy atom. The highest BCUT2D eigenvalue weighted by Gasteiger charge is 2.20. The summed E-state index contributed by atoms with van der Waals surface area (Å²) in [5.41, 5.74) is 2.42. The van der Waals surface area contributed by atoms with Crippen LogP contribution in [-0.4, -0.2) is 7.25 Å². The number of benzene rings is 2. The molecule has 0 amide bonds. The summed E-state index contributed by atoms with van der Waals surface area (Å²) >= 11 is 6.84. The Hall–Kier alpha value is -0.855. The number of quaternary nitrogens is 1. The molecule has 0 atom stereocenters. The van der Waals surface area contributed by atoms with Crippen molar-refractivity contribution >= 4 is 50.5 Å². The van der Waals surface area contributed by atoms with Gasteiger partial charge in [-0.15, -0.1) is 0 Å². The summed E-state index contributed by atoms with van der Waals surface area (Å²) in [5, 5.41) is 2.15. The monoisotopic (exact) mass is 413 g/mol. The van der Waals surface area contributed by atoms with Crippen LogP contribution in [0.3, 0.4) is 0 Å². The minimum Gasteiger partial charge on any atom is -0.418 e. The van der Waals surface area contributed by atoms with Crippen molar-refractivity contribution in [1.82, 2.24) is 0 Å². The summed E-state index contributed by atoms with van der Waals surface area (Å²) in [7, 11) is -6.00. The summed E-state index contributed by atoms with van der Waals surface area (Å²) < 4.78 is 41.2. The fraction of sp³-hybridized carbons (Fsp3) is 0. The Kier molecular flexibility index (Phi) is 6.71. The zero-order valence-corrected chi connectivity index (χ0v) is 13.2. The van der Waals surface area contributed by atoms with Crippen LogP contribution in [0.25, 0.3) is 0 Å². The van der Waals surface area contributed by atoms with Gasteiger partial charge in [0.2, 0.25) is 0 Å². The van der Waals surface area contributed by atoms with Gasteiger partial charge in [-0.3, -0.25) is 5.32 Å². The Balaban J connectivity index is 0.000000347. The fourth-order valence-corrected chi connectivity index (χ4v) is 1.84. The molecule has 2 rings (SSSR count). The van der Waals surface area contributed by atoms with Gasteiger partial charge >= 0.3 is 7.25 Å². The first-order valence-electron chi connectivity index (χ1n) is 5.47. The molecule has 1 nitrogen and oxygen atoms in total. The second-order valence-electron chi connectivity index (χ2n) is 3.74. The molecule has 2 aromatic rings. The van der Waals surface area contributed by atoms with Gasteiger partial charge in [-0.2, -0.15) is 0 Å². The summed E-state index contributed by atoms with van der Waals surface area (Å²) in [4.78, 5) is 0. The largest absolute Gasteiger partial charge is 0.673 e. The Morgan fingerprint density at radius 3 is 1.15 bits per heavy atom. The van der Waals surface area contributed by atoms with Gasteiger partial charge in [0.15, 0.2) is 0 Å². The van der Waals surface area contributed by atoms with E-state index in [9.17, 15) is 17.3 Å². The van der Waals surface area contributed by atoms with E-state index in [2.05, 4.69) is 61.4 Å². The van der Waals surface area contributed by atoms with E-state index in [1.807, 2.05) is 24.3 Å². The van der Waals surface area contributed by atoms with Crippen LogP contribution in [0.5, 0.6) is 0 Å². The standard InChI is InChI=1S/C12H9Br2N.BF4/c13-9-1-5-11(6-2-9)15-12-7-3-10(14)4-8-12;2-1(3,4)5/h1-8,15H;/q;-1/p+1. The summed E-state index contributed by atoms with van der Waals surface area (Å²) in [6.07, 6.45) is 0. The molecule has 0 radical (unpaired) electrons. The summed E-state index contributed by atoms with van der Waals surface area (Å²) in [5.74, 6) is 0. The lowest BCUT2D eigenvalue weighted by molar-refractivity contribution is -0.478. The zero-order valence-electron chi connectivity index (χ0n) is 10.0. The van der Waals surface area contributed by atoms with E-state index in [0.717, 1.165) is 8.95 Å². The van der Waals surface area contributed by atoms with Crippen molar-refractivity contribution in [1.29, 1.82) is 0 Å². The second kappa shape index (κ2) is 7.80.